The molecule has 0 N–H and O–H groups in total. The molecule has 1 aromatic carbocycles. The number of carbonyl (C=O) groups excluding carboxylic acids is 2. The average Bonchev–Trinajstić information content (AvgIpc) is 3.55. The zero-order chi connectivity index (χ0) is 23.1. The van der Waals surface area contributed by atoms with Gasteiger partial charge in [-0.3, -0.25) is 9.59 Å². The molecule has 0 bridgehead atoms. The highest BCUT2D eigenvalue weighted by Crippen LogP contribution is 2.32. The Morgan fingerprint density at radius 3 is 2.59 bits per heavy atom. The maximum atomic E-state index is 13.4. The number of rotatable bonds is 12. The van der Waals surface area contributed by atoms with E-state index >= 15 is 0 Å². The fourth-order valence-corrected chi connectivity index (χ4v) is 4.07. The van der Waals surface area contributed by atoms with E-state index < -0.39 is 0 Å². The van der Waals surface area contributed by atoms with Crippen molar-refractivity contribution in [3.8, 4) is 0 Å². The third-order valence-electron chi connectivity index (χ3n) is 6.48. The minimum absolute atomic E-state index is 0.0519. The molecule has 0 radical (unpaired) electrons. The fraction of sp³-hybridized carbons (Fsp3) is 0.556. The summed E-state index contributed by atoms with van der Waals surface area (Å²) in [5, 5.41) is 0. The Morgan fingerprint density at radius 1 is 1.16 bits per heavy atom. The smallest absolute Gasteiger partial charge is 0.242 e. The van der Waals surface area contributed by atoms with Gasteiger partial charge < -0.3 is 14.4 Å². The average molecular weight is 438 g/mol. The van der Waals surface area contributed by atoms with Gasteiger partial charge in [0.25, 0.3) is 0 Å². The van der Waals surface area contributed by atoms with E-state index in [0.29, 0.717) is 6.54 Å². The van der Waals surface area contributed by atoms with Gasteiger partial charge in [-0.25, -0.2) is 0 Å². The molecule has 5 nitrogen and oxygen atoms in total. The second kappa shape index (κ2) is 11.3. The number of aromatic nitrogens is 1. The summed E-state index contributed by atoms with van der Waals surface area (Å²) in [6, 6.07) is 12.8. The molecule has 0 aliphatic heterocycles. The van der Waals surface area contributed by atoms with Crippen LogP contribution in [-0.2, 0) is 22.7 Å². The Balaban J connectivity index is 1.73. The van der Waals surface area contributed by atoms with Gasteiger partial charge in [-0.15, -0.1) is 0 Å². The third-order valence-corrected chi connectivity index (χ3v) is 6.48. The van der Waals surface area contributed by atoms with Crippen molar-refractivity contribution in [1.29, 1.82) is 0 Å². The van der Waals surface area contributed by atoms with Gasteiger partial charge in [0.05, 0.1) is 6.54 Å². The Hall–Kier alpha value is -2.56. The number of nitrogens with zero attached hydrogens (tertiary/aromatic N) is 3. The highest BCUT2D eigenvalue weighted by atomic mass is 16.2. The minimum atomic E-state index is 0.0519. The summed E-state index contributed by atoms with van der Waals surface area (Å²) in [6.45, 7) is 10.7. The van der Waals surface area contributed by atoms with Crippen LogP contribution in [0, 0.1) is 12.8 Å². The largest absolute Gasteiger partial charge is 0.345 e. The lowest BCUT2D eigenvalue weighted by molar-refractivity contribution is -0.143. The summed E-state index contributed by atoms with van der Waals surface area (Å²) < 4.78 is 2.22. The normalized spacial score (nSPS) is 14.2. The van der Waals surface area contributed by atoms with E-state index in [1.54, 1.807) is 0 Å². The number of hydrogen-bond donors (Lipinski definition) is 0. The van der Waals surface area contributed by atoms with E-state index in [-0.39, 0.29) is 30.3 Å². The maximum absolute atomic E-state index is 13.4. The summed E-state index contributed by atoms with van der Waals surface area (Å²) in [6.07, 6.45) is 6.87. The molecular weight excluding hydrogens is 398 g/mol. The number of benzene rings is 1. The molecular formula is C27H39N3O2. The summed E-state index contributed by atoms with van der Waals surface area (Å²) in [5.41, 5.74) is 3.63. The van der Waals surface area contributed by atoms with Gasteiger partial charge in [0.2, 0.25) is 11.8 Å². The fourth-order valence-electron chi connectivity index (χ4n) is 4.07. The van der Waals surface area contributed by atoms with E-state index in [2.05, 4.69) is 74.9 Å². The second-order valence-electron chi connectivity index (χ2n) is 9.28. The molecule has 32 heavy (non-hydrogen) atoms. The standard InChI is InChI=1S/C27H39N3O2/c1-5-7-15-29(26(31)20-30(22(4)6-2)27(32)24-13-14-24)19-25-12-9-16-28(25)18-23-11-8-10-21(3)17-23/h8-12,16-17,22,24H,5-7,13-15,18-20H2,1-4H3/t22-/m0/s1. The van der Waals surface area contributed by atoms with Gasteiger partial charge >= 0.3 is 0 Å². The van der Waals surface area contributed by atoms with Crippen LogP contribution in [-0.4, -0.2) is 45.3 Å². The zero-order valence-electron chi connectivity index (χ0n) is 20.2. The zero-order valence-corrected chi connectivity index (χ0v) is 20.2. The molecule has 0 unspecified atom stereocenters. The van der Waals surface area contributed by atoms with E-state index in [4.69, 9.17) is 0 Å². The molecule has 3 rings (SSSR count). The molecule has 1 aromatic heterocycles. The van der Waals surface area contributed by atoms with E-state index in [0.717, 1.165) is 50.9 Å². The van der Waals surface area contributed by atoms with Gasteiger partial charge in [-0.2, -0.15) is 0 Å². The van der Waals surface area contributed by atoms with Crippen LogP contribution < -0.4 is 0 Å². The molecule has 174 valence electrons. The van der Waals surface area contributed by atoms with Crippen LogP contribution in [0.1, 0.15) is 69.7 Å². The highest BCUT2D eigenvalue weighted by Gasteiger charge is 2.36. The van der Waals surface area contributed by atoms with E-state index in [1.807, 2.05) is 9.80 Å². The molecule has 0 saturated heterocycles. The first-order valence-electron chi connectivity index (χ1n) is 12.2. The van der Waals surface area contributed by atoms with Crippen molar-refractivity contribution in [3.63, 3.8) is 0 Å². The van der Waals surface area contributed by atoms with Crippen LogP contribution in [0.25, 0.3) is 0 Å². The maximum Gasteiger partial charge on any atom is 0.242 e. The molecule has 1 aliphatic rings. The van der Waals surface area contributed by atoms with E-state index in [1.165, 1.54) is 11.1 Å². The van der Waals surface area contributed by atoms with Crippen molar-refractivity contribution in [2.75, 3.05) is 13.1 Å². The van der Waals surface area contributed by atoms with Gasteiger partial charge in [-0.05, 0) is 57.2 Å². The summed E-state index contributed by atoms with van der Waals surface area (Å²) in [5.74, 6) is 0.342. The quantitative estimate of drug-likeness (QED) is 0.468. The van der Waals surface area contributed by atoms with Crippen LogP contribution in [0.2, 0.25) is 0 Å². The van der Waals surface area contributed by atoms with Gasteiger partial charge in [0.1, 0.15) is 6.54 Å². The first-order valence-corrected chi connectivity index (χ1v) is 12.2. The first-order chi connectivity index (χ1) is 15.4. The number of amides is 2. The lowest BCUT2D eigenvalue weighted by Gasteiger charge is -2.31. The Kier molecular flexibility index (Phi) is 8.54. The number of unbranched alkanes of at least 4 members (excludes halogenated alkanes) is 1. The first kappa shape index (κ1) is 24.1. The molecule has 2 amide bonds. The molecule has 5 heteroatoms. The lowest BCUT2D eigenvalue weighted by atomic mass is 10.1. The molecule has 1 aliphatic carbocycles. The van der Waals surface area contributed by atoms with Crippen LogP contribution in [0.15, 0.2) is 42.6 Å². The van der Waals surface area contributed by atoms with Crippen LogP contribution in [0.3, 0.4) is 0 Å². The van der Waals surface area contributed by atoms with E-state index in [9.17, 15) is 9.59 Å². The van der Waals surface area contributed by atoms with Gasteiger partial charge in [0.15, 0.2) is 0 Å². The van der Waals surface area contributed by atoms with Crippen molar-refractivity contribution in [3.05, 3.63) is 59.4 Å². The molecule has 1 saturated carbocycles. The van der Waals surface area contributed by atoms with Crippen LogP contribution >= 0.6 is 0 Å². The SMILES string of the molecule is CCCCN(Cc1cccn1Cc1cccc(C)c1)C(=O)CN(C(=O)C1CC1)[C@@H](C)CC. The molecule has 2 aromatic rings. The Morgan fingerprint density at radius 2 is 1.94 bits per heavy atom. The second-order valence-corrected chi connectivity index (χ2v) is 9.28. The van der Waals surface area contributed by atoms with Crippen molar-refractivity contribution in [2.45, 2.75) is 78.9 Å². The van der Waals surface area contributed by atoms with Gasteiger partial charge in [-0.1, -0.05) is 50.1 Å². The lowest BCUT2D eigenvalue weighted by Crippen LogP contribution is -2.47. The highest BCUT2D eigenvalue weighted by molar-refractivity contribution is 5.87. The molecule has 0 spiro atoms. The van der Waals surface area contributed by atoms with Crippen molar-refractivity contribution in [2.24, 2.45) is 5.92 Å². The Labute approximate surface area is 193 Å². The summed E-state index contributed by atoms with van der Waals surface area (Å²) in [4.78, 5) is 30.0. The third kappa shape index (κ3) is 6.47. The van der Waals surface area contributed by atoms with Crippen molar-refractivity contribution < 1.29 is 9.59 Å². The number of aryl methyl sites for hydroxylation is 1. The van der Waals surface area contributed by atoms with Gasteiger partial charge in [0, 0.05) is 36.9 Å². The molecule has 1 atom stereocenters. The predicted molar refractivity (Wildman–Crippen MR) is 129 cm³/mol. The number of carbonyl (C=O) groups is 2. The van der Waals surface area contributed by atoms with Crippen LogP contribution in [0.4, 0.5) is 0 Å². The van der Waals surface area contributed by atoms with Crippen LogP contribution in [0.5, 0.6) is 0 Å². The molecule has 1 fully saturated rings. The summed E-state index contributed by atoms with van der Waals surface area (Å²) in [7, 11) is 0. The van der Waals surface area contributed by atoms with Crippen molar-refractivity contribution in [1.82, 2.24) is 14.4 Å². The molecule has 1 heterocycles. The number of hydrogen-bond acceptors (Lipinski definition) is 2. The minimum Gasteiger partial charge on any atom is -0.345 e. The Bertz CT molecular complexity index is 900. The predicted octanol–water partition coefficient (Wildman–Crippen LogP) is 5.01. The summed E-state index contributed by atoms with van der Waals surface area (Å²) >= 11 is 0. The van der Waals surface area contributed by atoms with Crippen molar-refractivity contribution >= 4 is 11.8 Å². The topological polar surface area (TPSA) is 45.6 Å². The monoisotopic (exact) mass is 437 g/mol.